The fourth-order valence-corrected chi connectivity index (χ4v) is 4.10. The van der Waals surface area contributed by atoms with Crippen LogP contribution in [0.2, 0.25) is 0 Å². The summed E-state index contributed by atoms with van der Waals surface area (Å²) in [6.07, 6.45) is 2.15. The second-order valence-corrected chi connectivity index (χ2v) is 8.68. The molecule has 29 heavy (non-hydrogen) atoms. The van der Waals surface area contributed by atoms with Gasteiger partial charge in [0.25, 0.3) is 5.69 Å². The molecule has 7 nitrogen and oxygen atoms in total. The van der Waals surface area contributed by atoms with E-state index in [2.05, 4.69) is 22.6 Å². The second-order valence-electron chi connectivity index (χ2n) is 7.27. The van der Waals surface area contributed by atoms with E-state index in [0.717, 1.165) is 42.2 Å². The zero-order valence-corrected chi connectivity index (χ0v) is 17.4. The maximum atomic E-state index is 12.7. The van der Waals surface area contributed by atoms with Gasteiger partial charge in [-0.25, -0.2) is 0 Å². The number of hydrogen-bond acceptors (Lipinski definition) is 6. The van der Waals surface area contributed by atoms with Crippen molar-refractivity contribution in [3.05, 3.63) is 58.6 Å². The fraction of sp³-hybridized carbons (Fsp3) is 0.381. The lowest BCUT2D eigenvalue weighted by Gasteiger charge is -2.30. The summed E-state index contributed by atoms with van der Waals surface area (Å²) in [5.74, 6) is -0.106. The smallest absolute Gasteiger partial charge is 0.269 e. The number of thioether (sulfide) groups is 1. The minimum absolute atomic E-state index is 0.0420. The number of carbonyl (C=O) groups excluding carboxylic acids is 1. The second kappa shape index (κ2) is 9.76. The molecule has 1 aliphatic heterocycles. The lowest BCUT2D eigenvalue weighted by Crippen LogP contribution is -2.37. The van der Waals surface area contributed by atoms with E-state index in [9.17, 15) is 14.9 Å². The molecule has 2 aromatic rings. The van der Waals surface area contributed by atoms with Crippen molar-refractivity contribution in [2.45, 2.75) is 36.0 Å². The number of para-hydroxylation sites is 2. The Morgan fingerprint density at radius 2 is 1.76 bits per heavy atom. The van der Waals surface area contributed by atoms with Crippen LogP contribution in [0.25, 0.3) is 0 Å². The molecule has 1 amide bonds. The number of likely N-dealkylation sites (tertiary alicyclic amines) is 1. The minimum Gasteiger partial charge on any atom is -0.381 e. The highest BCUT2D eigenvalue weighted by molar-refractivity contribution is 8.00. The molecule has 8 heteroatoms. The van der Waals surface area contributed by atoms with Gasteiger partial charge in [0.05, 0.1) is 21.5 Å². The summed E-state index contributed by atoms with van der Waals surface area (Å²) in [5.41, 5.74) is 1.75. The molecule has 0 bridgehead atoms. The zero-order chi connectivity index (χ0) is 20.8. The average Bonchev–Trinajstić information content (AvgIpc) is 2.71. The molecule has 1 heterocycles. The largest absolute Gasteiger partial charge is 0.381 e. The van der Waals surface area contributed by atoms with Crippen molar-refractivity contribution in [2.75, 3.05) is 30.8 Å². The van der Waals surface area contributed by atoms with Crippen LogP contribution in [0.4, 0.5) is 17.1 Å². The van der Waals surface area contributed by atoms with Crippen LogP contribution in [0.3, 0.4) is 0 Å². The Kier molecular flexibility index (Phi) is 7.11. The van der Waals surface area contributed by atoms with Gasteiger partial charge >= 0.3 is 0 Å². The van der Waals surface area contributed by atoms with Gasteiger partial charge in [-0.2, -0.15) is 0 Å². The number of rotatable bonds is 7. The van der Waals surface area contributed by atoms with Gasteiger partial charge in [-0.05, 0) is 64.2 Å². The van der Waals surface area contributed by atoms with E-state index in [-0.39, 0.29) is 16.8 Å². The summed E-state index contributed by atoms with van der Waals surface area (Å²) in [6.45, 7) is 3.96. The molecule has 1 atom stereocenters. The van der Waals surface area contributed by atoms with Crippen LogP contribution >= 0.6 is 11.8 Å². The van der Waals surface area contributed by atoms with Gasteiger partial charge in [-0.15, -0.1) is 11.8 Å². The average molecular weight is 415 g/mol. The van der Waals surface area contributed by atoms with Gasteiger partial charge in [-0.3, -0.25) is 14.9 Å². The third kappa shape index (κ3) is 5.95. The summed E-state index contributed by atoms with van der Waals surface area (Å²) >= 11 is 1.37. The summed E-state index contributed by atoms with van der Waals surface area (Å²) in [7, 11) is 2.13. The highest BCUT2D eigenvalue weighted by atomic mass is 32.2. The number of nitrogens with one attached hydrogen (secondary N) is 2. The van der Waals surface area contributed by atoms with Crippen LogP contribution in [0.5, 0.6) is 0 Å². The SMILES string of the molecule is C[C@@H](Sc1ccc([N+](=O)[O-])cc1)C(=O)Nc1ccccc1NC1CCN(C)CC1. The first-order valence-electron chi connectivity index (χ1n) is 9.68. The van der Waals surface area contributed by atoms with E-state index in [0.29, 0.717) is 6.04 Å². The van der Waals surface area contributed by atoms with Gasteiger partial charge < -0.3 is 15.5 Å². The van der Waals surface area contributed by atoms with Crippen molar-refractivity contribution < 1.29 is 9.72 Å². The van der Waals surface area contributed by atoms with Gasteiger partial charge in [-0.1, -0.05) is 12.1 Å². The predicted octanol–water partition coefficient (Wildman–Crippen LogP) is 4.22. The van der Waals surface area contributed by atoms with E-state index in [1.165, 1.54) is 23.9 Å². The molecule has 1 fully saturated rings. The predicted molar refractivity (Wildman–Crippen MR) is 118 cm³/mol. The van der Waals surface area contributed by atoms with E-state index in [4.69, 9.17) is 0 Å². The highest BCUT2D eigenvalue weighted by Gasteiger charge is 2.19. The summed E-state index contributed by atoms with van der Waals surface area (Å²) in [5, 5.41) is 17.0. The molecular weight excluding hydrogens is 388 g/mol. The zero-order valence-electron chi connectivity index (χ0n) is 16.6. The van der Waals surface area contributed by atoms with Crippen molar-refractivity contribution in [1.29, 1.82) is 0 Å². The maximum Gasteiger partial charge on any atom is 0.269 e. The Morgan fingerprint density at radius 1 is 1.14 bits per heavy atom. The maximum absolute atomic E-state index is 12.7. The molecule has 3 rings (SSSR count). The Labute approximate surface area is 175 Å². The van der Waals surface area contributed by atoms with Crippen LogP contribution in [-0.2, 0) is 4.79 Å². The third-order valence-electron chi connectivity index (χ3n) is 4.99. The molecule has 0 unspecified atom stereocenters. The van der Waals surface area contributed by atoms with E-state index in [1.807, 2.05) is 31.2 Å². The Balaban J connectivity index is 1.60. The van der Waals surface area contributed by atoms with Crippen LogP contribution in [0.15, 0.2) is 53.4 Å². The topological polar surface area (TPSA) is 87.5 Å². The van der Waals surface area contributed by atoms with Crippen LogP contribution in [-0.4, -0.2) is 47.2 Å². The van der Waals surface area contributed by atoms with Crippen molar-refractivity contribution >= 4 is 34.7 Å². The van der Waals surface area contributed by atoms with Crippen LogP contribution in [0.1, 0.15) is 19.8 Å². The number of piperidine rings is 1. The third-order valence-corrected chi connectivity index (χ3v) is 6.10. The van der Waals surface area contributed by atoms with Crippen LogP contribution < -0.4 is 10.6 Å². The number of benzene rings is 2. The molecular formula is C21H26N4O3S. The van der Waals surface area contributed by atoms with Gasteiger partial charge in [0.15, 0.2) is 0 Å². The van der Waals surface area contributed by atoms with Crippen molar-refractivity contribution in [3.63, 3.8) is 0 Å². The van der Waals surface area contributed by atoms with Crippen molar-refractivity contribution in [2.24, 2.45) is 0 Å². The molecule has 0 radical (unpaired) electrons. The monoisotopic (exact) mass is 414 g/mol. The minimum atomic E-state index is -0.432. The number of nitro groups is 1. The summed E-state index contributed by atoms with van der Waals surface area (Å²) < 4.78 is 0. The lowest BCUT2D eigenvalue weighted by atomic mass is 10.0. The number of anilines is 2. The van der Waals surface area contributed by atoms with Crippen molar-refractivity contribution in [1.82, 2.24) is 4.90 Å². The molecule has 2 aromatic carbocycles. The molecule has 0 aliphatic carbocycles. The Hall–Kier alpha value is -2.58. The standard InChI is InChI=1S/C21H26N4O3S/c1-15(29-18-9-7-17(8-10-18)25(27)28)21(26)23-20-6-4-3-5-19(20)22-16-11-13-24(2)14-12-16/h3-10,15-16,22H,11-14H2,1-2H3,(H,23,26)/t15-/m1/s1. The van der Waals surface area contributed by atoms with Gasteiger partial charge in [0.1, 0.15) is 0 Å². The first kappa shape index (κ1) is 21.1. The first-order chi connectivity index (χ1) is 13.9. The number of hydrogen-bond donors (Lipinski definition) is 2. The summed E-state index contributed by atoms with van der Waals surface area (Å²) in [4.78, 5) is 26.2. The molecule has 0 aromatic heterocycles. The molecule has 1 aliphatic rings. The quantitative estimate of drug-likeness (QED) is 0.401. The summed E-state index contributed by atoms with van der Waals surface area (Å²) in [6, 6.07) is 14.4. The van der Waals surface area contributed by atoms with E-state index < -0.39 is 4.92 Å². The van der Waals surface area contributed by atoms with Gasteiger partial charge in [0, 0.05) is 23.1 Å². The molecule has 0 saturated carbocycles. The molecule has 0 spiro atoms. The first-order valence-corrected chi connectivity index (χ1v) is 10.6. The van der Waals surface area contributed by atoms with E-state index >= 15 is 0 Å². The number of amides is 1. The Morgan fingerprint density at radius 3 is 2.38 bits per heavy atom. The molecule has 1 saturated heterocycles. The highest BCUT2D eigenvalue weighted by Crippen LogP contribution is 2.28. The molecule has 154 valence electrons. The molecule has 2 N–H and O–H groups in total. The van der Waals surface area contributed by atoms with E-state index in [1.54, 1.807) is 12.1 Å². The van der Waals surface area contributed by atoms with Gasteiger partial charge in [0.2, 0.25) is 5.91 Å². The number of non-ortho nitro benzene ring substituents is 1. The number of nitro benzene ring substituents is 1. The fourth-order valence-electron chi connectivity index (χ4n) is 3.23. The number of nitrogens with zero attached hydrogens (tertiary/aromatic N) is 2. The Bertz CT molecular complexity index is 851. The van der Waals surface area contributed by atoms with Crippen molar-refractivity contribution in [3.8, 4) is 0 Å². The normalized spacial score (nSPS) is 16.2. The van der Waals surface area contributed by atoms with Crippen LogP contribution in [0, 0.1) is 10.1 Å². The number of carbonyl (C=O) groups is 1. The lowest BCUT2D eigenvalue weighted by molar-refractivity contribution is -0.384.